The van der Waals surface area contributed by atoms with Crippen molar-refractivity contribution in [3.05, 3.63) is 94.0 Å². The molecule has 0 spiro atoms. The van der Waals surface area contributed by atoms with Gasteiger partial charge < -0.3 is 10.2 Å². The zero-order chi connectivity index (χ0) is 29.3. The second kappa shape index (κ2) is 14.5. The molecule has 0 aliphatic carbocycles. The molecule has 3 rings (SSSR count). The molecule has 40 heavy (non-hydrogen) atoms. The maximum atomic E-state index is 14.1. The Hall–Kier alpha value is -3.07. The highest BCUT2D eigenvalue weighted by atomic mass is 35.5. The van der Waals surface area contributed by atoms with Crippen LogP contribution in [0.1, 0.15) is 44.7 Å². The lowest BCUT2D eigenvalue weighted by atomic mass is 10.1. The molecule has 2 amide bonds. The molecule has 0 aliphatic heterocycles. The van der Waals surface area contributed by atoms with Gasteiger partial charge in [0.25, 0.3) is 10.0 Å². The van der Waals surface area contributed by atoms with E-state index >= 15 is 0 Å². The van der Waals surface area contributed by atoms with E-state index in [0.29, 0.717) is 40.7 Å². The van der Waals surface area contributed by atoms with Crippen molar-refractivity contribution in [3.8, 4) is 0 Å². The number of rotatable bonds is 13. The lowest BCUT2D eigenvalue weighted by Crippen LogP contribution is -2.52. The highest BCUT2D eigenvalue weighted by Crippen LogP contribution is 2.29. The van der Waals surface area contributed by atoms with Gasteiger partial charge in [0.1, 0.15) is 12.6 Å². The van der Waals surface area contributed by atoms with Crippen LogP contribution in [0.25, 0.3) is 0 Å². The van der Waals surface area contributed by atoms with Crippen LogP contribution in [0.3, 0.4) is 0 Å². The van der Waals surface area contributed by atoms with Crippen molar-refractivity contribution >= 4 is 50.7 Å². The number of carbonyl (C=O) groups excluding carboxylic acids is 2. The molecule has 10 heteroatoms. The second-order valence-electron chi connectivity index (χ2n) is 9.29. The first kappa shape index (κ1) is 31.5. The maximum absolute atomic E-state index is 14.1. The number of para-hydroxylation sites is 1. The summed E-state index contributed by atoms with van der Waals surface area (Å²) < 4.78 is 29.1. The van der Waals surface area contributed by atoms with E-state index in [1.165, 1.54) is 17.0 Å². The quantitative estimate of drug-likeness (QED) is 0.256. The van der Waals surface area contributed by atoms with Crippen LogP contribution in [-0.4, -0.2) is 44.3 Å². The van der Waals surface area contributed by atoms with Crippen LogP contribution in [-0.2, 0) is 32.6 Å². The molecule has 0 heterocycles. The van der Waals surface area contributed by atoms with E-state index in [1.807, 2.05) is 32.9 Å². The van der Waals surface area contributed by atoms with Crippen molar-refractivity contribution in [1.29, 1.82) is 0 Å². The van der Waals surface area contributed by atoms with Crippen LogP contribution in [0.15, 0.2) is 77.7 Å². The van der Waals surface area contributed by atoms with Gasteiger partial charge in [-0.3, -0.25) is 13.9 Å². The molecular weight excluding hydrogens is 569 g/mol. The molecule has 214 valence electrons. The topological polar surface area (TPSA) is 86.8 Å². The molecule has 3 aromatic carbocycles. The van der Waals surface area contributed by atoms with Gasteiger partial charge in [-0.15, -0.1) is 0 Å². The average Bonchev–Trinajstić information content (AvgIpc) is 2.96. The molecule has 3 aromatic rings. The number of hydrogen-bond donors (Lipinski definition) is 1. The summed E-state index contributed by atoms with van der Waals surface area (Å²) in [5.74, 6) is -0.820. The summed E-state index contributed by atoms with van der Waals surface area (Å²) in [6.45, 7) is 5.70. The Morgan fingerprint density at radius 1 is 0.900 bits per heavy atom. The summed E-state index contributed by atoms with van der Waals surface area (Å²) >= 11 is 12.3. The molecule has 1 atom stereocenters. The van der Waals surface area contributed by atoms with E-state index in [2.05, 4.69) is 5.32 Å². The number of sulfonamides is 1. The number of carbonyl (C=O) groups is 2. The van der Waals surface area contributed by atoms with E-state index in [1.54, 1.807) is 48.5 Å². The maximum Gasteiger partial charge on any atom is 0.264 e. The highest BCUT2D eigenvalue weighted by molar-refractivity contribution is 7.92. The number of amides is 2. The number of nitrogens with zero attached hydrogens (tertiary/aromatic N) is 2. The van der Waals surface area contributed by atoms with E-state index in [-0.39, 0.29) is 17.3 Å². The molecule has 0 aliphatic rings. The van der Waals surface area contributed by atoms with Crippen molar-refractivity contribution in [2.45, 2.75) is 57.5 Å². The minimum Gasteiger partial charge on any atom is -0.354 e. The third-order valence-corrected chi connectivity index (χ3v) is 9.04. The number of nitrogens with one attached hydrogen (secondary N) is 1. The molecule has 0 saturated heterocycles. The fraction of sp³-hybridized carbons (Fsp3) is 0.333. The number of aryl methyl sites for hydroxylation is 1. The van der Waals surface area contributed by atoms with E-state index in [4.69, 9.17) is 23.2 Å². The molecule has 0 bridgehead atoms. The molecule has 1 N–H and O–H groups in total. The van der Waals surface area contributed by atoms with Gasteiger partial charge in [0.05, 0.1) is 20.6 Å². The normalized spacial score (nSPS) is 12.0. The zero-order valence-corrected chi connectivity index (χ0v) is 25.3. The standard InChI is InChI=1S/C30H35Cl2N3O4S/c1-4-18-33-30(37)27(6-3)34(20-22-16-17-25(31)26(32)19-22)29(36)21-35(28-15-11-10-12-23(28)5-2)40(38,39)24-13-8-7-9-14-24/h7-17,19,27H,4-6,18,20-21H2,1-3H3,(H,33,37)/t27-/m0/s1. The van der Waals surface area contributed by atoms with Gasteiger partial charge in [-0.2, -0.15) is 0 Å². The first-order valence-corrected chi connectivity index (χ1v) is 15.5. The Morgan fingerprint density at radius 3 is 2.20 bits per heavy atom. The minimum absolute atomic E-state index is 0.0441. The van der Waals surface area contributed by atoms with Crippen molar-refractivity contribution in [2.24, 2.45) is 0 Å². The largest absolute Gasteiger partial charge is 0.354 e. The smallest absolute Gasteiger partial charge is 0.264 e. The first-order chi connectivity index (χ1) is 19.1. The monoisotopic (exact) mass is 603 g/mol. The van der Waals surface area contributed by atoms with Gasteiger partial charge >= 0.3 is 0 Å². The van der Waals surface area contributed by atoms with Gasteiger partial charge in [0.2, 0.25) is 11.8 Å². The minimum atomic E-state index is -4.12. The fourth-order valence-corrected chi connectivity index (χ4v) is 6.20. The first-order valence-electron chi connectivity index (χ1n) is 13.3. The number of hydrogen-bond acceptors (Lipinski definition) is 4. The zero-order valence-electron chi connectivity index (χ0n) is 22.9. The molecule has 0 aromatic heterocycles. The van der Waals surface area contributed by atoms with Gasteiger partial charge in [-0.25, -0.2) is 8.42 Å². The third kappa shape index (κ3) is 7.56. The molecule has 0 unspecified atom stereocenters. The Balaban J connectivity index is 2.09. The number of halogens is 2. The van der Waals surface area contributed by atoms with Gasteiger partial charge in [-0.05, 0) is 60.7 Å². The Morgan fingerprint density at radius 2 is 1.57 bits per heavy atom. The van der Waals surface area contributed by atoms with Crippen molar-refractivity contribution in [1.82, 2.24) is 10.2 Å². The van der Waals surface area contributed by atoms with Crippen LogP contribution < -0.4 is 9.62 Å². The molecule has 0 fully saturated rings. The summed E-state index contributed by atoms with van der Waals surface area (Å²) in [6, 6.07) is 19.3. The van der Waals surface area contributed by atoms with Gasteiger partial charge in [0.15, 0.2) is 0 Å². The Labute approximate surface area is 247 Å². The SMILES string of the molecule is CCCNC(=O)[C@H](CC)N(Cc1ccc(Cl)c(Cl)c1)C(=O)CN(c1ccccc1CC)S(=O)(=O)c1ccccc1. The van der Waals surface area contributed by atoms with Crippen LogP contribution in [0.2, 0.25) is 10.0 Å². The molecule has 0 saturated carbocycles. The molecule has 0 radical (unpaired) electrons. The molecular formula is C30H35Cl2N3O4S. The lowest BCUT2D eigenvalue weighted by Gasteiger charge is -2.33. The van der Waals surface area contributed by atoms with Crippen molar-refractivity contribution < 1.29 is 18.0 Å². The van der Waals surface area contributed by atoms with Crippen molar-refractivity contribution in [2.75, 3.05) is 17.4 Å². The third-order valence-electron chi connectivity index (χ3n) is 6.52. The predicted molar refractivity (Wildman–Crippen MR) is 161 cm³/mol. The van der Waals surface area contributed by atoms with Crippen LogP contribution >= 0.6 is 23.2 Å². The summed E-state index contributed by atoms with van der Waals surface area (Å²) in [4.78, 5) is 28.8. The summed E-state index contributed by atoms with van der Waals surface area (Å²) in [5.41, 5.74) is 1.86. The number of anilines is 1. The number of benzene rings is 3. The van der Waals surface area contributed by atoms with Crippen LogP contribution in [0.4, 0.5) is 5.69 Å². The molecule has 7 nitrogen and oxygen atoms in total. The van der Waals surface area contributed by atoms with Gasteiger partial charge in [-0.1, -0.05) is 86.4 Å². The Kier molecular flexibility index (Phi) is 11.4. The van der Waals surface area contributed by atoms with Crippen molar-refractivity contribution in [3.63, 3.8) is 0 Å². The Bertz CT molecular complexity index is 1420. The van der Waals surface area contributed by atoms with E-state index in [9.17, 15) is 18.0 Å². The van der Waals surface area contributed by atoms with E-state index in [0.717, 1.165) is 16.3 Å². The summed E-state index contributed by atoms with van der Waals surface area (Å²) in [5, 5.41) is 3.56. The highest BCUT2D eigenvalue weighted by Gasteiger charge is 2.34. The lowest BCUT2D eigenvalue weighted by molar-refractivity contribution is -0.140. The summed E-state index contributed by atoms with van der Waals surface area (Å²) in [6.07, 6.45) is 1.63. The van der Waals surface area contributed by atoms with E-state index < -0.39 is 28.5 Å². The van der Waals surface area contributed by atoms with Crippen LogP contribution in [0, 0.1) is 0 Å². The van der Waals surface area contributed by atoms with Gasteiger partial charge in [0, 0.05) is 13.1 Å². The summed E-state index contributed by atoms with van der Waals surface area (Å²) in [7, 11) is -4.12. The van der Waals surface area contributed by atoms with Crippen LogP contribution in [0.5, 0.6) is 0 Å². The predicted octanol–water partition coefficient (Wildman–Crippen LogP) is 6.08. The fourth-order valence-electron chi connectivity index (χ4n) is 4.41. The second-order valence-corrected chi connectivity index (χ2v) is 12.0. The average molecular weight is 605 g/mol.